The summed E-state index contributed by atoms with van der Waals surface area (Å²) in [6.07, 6.45) is 3.02. The van der Waals surface area contributed by atoms with E-state index in [1.54, 1.807) is 12.1 Å². The predicted octanol–water partition coefficient (Wildman–Crippen LogP) is 3.29. The van der Waals surface area contributed by atoms with Gasteiger partial charge in [0.25, 0.3) is 0 Å². The van der Waals surface area contributed by atoms with Crippen molar-refractivity contribution in [2.45, 2.75) is 29.8 Å². The van der Waals surface area contributed by atoms with E-state index in [-0.39, 0.29) is 29.4 Å². The number of rotatable bonds is 2. The van der Waals surface area contributed by atoms with Crippen LogP contribution in [0.1, 0.15) is 34.5 Å². The molecule has 0 aliphatic carbocycles. The van der Waals surface area contributed by atoms with E-state index in [1.165, 1.54) is 6.26 Å². The summed E-state index contributed by atoms with van der Waals surface area (Å²) in [6, 6.07) is 18.0. The molecule has 0 radical (unpaired) electrons. The number of carbonyl (C=O) groups is 3. The van der Waals surface area contributed by atoms with Crippen molar-refractivity contribution in [1.29, 1.82) is 0 Å². The Morgan fingerprint density at radius 1 is 0.909 bits per heavy atom. The van der Waals surface area contributed by atoms with Gasteiger partial charge in [0.2, 0.25) is 17.6 Å². The fourth-order valence-corrected chi connectivity index (χ4v) is 7.06. The van der Waals surface area contributed by atoms with Gasteiger partial charge in [0, 0.05) is 23.0 Å². The maximum Gasteiger partial charge on any atom is 0.250 e. The molecular formula is C26H21N3O4. The van der Waals surface area contributed by atoms with Crippen molar-refractivity contribution < 1.29 is 18.8 Å². The Kier molecular flexibility index (Phi) is 3.54. The minimum Gasteiger partial charge on any atom is -0.461 e. The van der Waals surface area contributed by atoms with Gasteiger partial charge in [0.1, 0.15) is 11.0 Å². The van der Waals surface area contributed by atoms with Crippen molar-refractivity contribution in [3.63, 3.8) is 0 Å². The molecular weight excluding hydrogens is 418 g/mol. The van der Waals surface area contributed by atoms with Crippen molar-refractivity contribution in [2.24, 2.45) is 5.92 Å². The molecule has 3 aromatic rings. The maximum atomic E-state index is 14.3. The second-order valence-corrected chi connectivity index (χ2v) is 9.26. The topological polar surface area (TPSA) is 91.7 Å². The van der Waals surface area contributed by atoms with Gasteiger partial charge in [-0.3, -0.25) is 19.3 Å². The molecule has 4 aliphatic heterocycles. The number of benzene rings is 2. The first kappa shape index (κ1) is 18.8. The monoisotopic (exact) mass is 439 g/mol. The van der Waals surface area contributed by atoms with Gasteiger partial charge in [0.05, 0.1) is 12.2 Å². The molecule has 7 nitrogen and oxygen atoms in total. The smallest absolute Gasteiger partial charge is 0.250 e. The number of anilines is 2. The largest absolute Gasteiger partial charge is 0.461 e. The van der Waals surface area contributed by atoms with Crippen LogP contribution in [0.2, 0.25) is 0 Å². The average Bonchev–Trinajstić information content (AvgIpc) is 3.62. The highest BCUT2D eigenvalue weighted by atomic mass is 16.3. The number of hydrogen-bond acceptors (Lipinski definition) is 5. The van der Waals surface area contributed by atoms with Crippen LogP contribution in [0, 0.1) is 5.92 Å². The van der Waals surface area contributed by atoms with Crippen LogP contribution in [0.5, 0.6) is 0 Å². The highest BCUT2D eigenvalue weighted by Crippen LogP contribution is 2.66. The highest BCUT2D eigenvalue weighted by molar-refractivity contribution is 6.18. The fraction of sp³-hybridized carbons (Fsp3) is 0.269. The first-order valence-corrected chi connectivity index (χ1v) is 11.3. The SMILES string of the molecule is O=C(c1ccco1)[C@H]1[C@@]2(C(=O)Nc3ccccc32)[C@H]2CCCN2[C@@]12C(=O)Nc1ccccc12. The lowest BCUT2D eigenvalue weighted by Gasteiger charge is -2.37. The van der Waals surface area contributed by atoms with E-state index in [9.17, 15) is 14.4 Å². The Morgan fingerprint density at radius 2 is 1.61 bits per heavy atom. The summed E-state index contributed by atoms with van der Waals surface area (Å²) in [5.74, 6) is -1.62. The molecule has 2 N–H and O–H groups in total. The van der Waals surface area contributed by atoms with Crippen LogP contribution in [0.15, 0.2) is 71.3 Å². The molecule has 2 aromatic carbocycles. The Labute approximate surface area is 189 Å². The third-order valence-corrected chi connectivity index (χ3v) is 8.06. The Morgan fingerprint density at radius 3 is 2.36 bits per heavy atom. The summed E-state index contributed by atoms with van der Waals surface area (Å²) in [4.78, 5) is 44.4. The van der Waals surface area contributed by atoms with Gasteiger partial charge in [-0.1, -0.05) is 36.4 Å². The van der Waals surface area contributed by atoms with Crippen LogP contribution in [0.3, 0.4) is 0 Å². The van der Waals surface area contributed by atoms with Crippen molar-refractivity contribution in [2.75, 3.05) is 17.2 Å². The zero-order valence-corrected chi connectivity index (χ0v) is 17.7. The lowest BCUT2D eigenvalue weighted by Crippen LogP contribution is -2.55. The minimum absolute atomic E-state index is 0.161. The molecule has 0 saturated carbocycles. The van der Waals surface area contributed by atoms with Crippen LogP contribution in [-0.4, -0.2) is 35.1 Å². The molecule has 5 heterocycles. The quantitative estimate of drug-likeness (QED) is 0.598. The third kappa shape index (κ3) is 1.98. The first-order chi connectivity index (χ1) is 16.1. The fourth-order valence-electron chi connectivity index (χ4n) is 7.06. The summed E-state index contributed by atoms with van der Waals surface area (Å²) in [6.45, 7) is 0.631. The summed E-state index contributed by atoms with van der Waals surface area (Å²) < 4.78 is 5.55. The highest BCUT2D eigenvalue weighted by Gasteiger charge is 2.79. The zero-order chi connectivity index (χ0) is 22.4. The number of nitrogens with zero attached hydrogens (tertiary/aromatic N) is 1. The number of nitrogens with one attached hydrogen (secondary N) is 2. The summed E-state index contributed by atoms with van der Waals surface area (Å²) in [7, 11) is 0. The number of Topliss-reactive ketones (excluding diaryl/α,β-unsaturated/α-hetero) is 1. The van der Waals surface area contributed by atoms with Crippen molar-refractivity contribution in [1.82, 2.24) is 4.90 Å². The van der Waals surface area contributed by atoms with Crippen molar-refractivity contribution >= 4 is 29.0 Å². The molecule has 33 heavy (non-hydrogen) atoms. The van der Waals surface area contributed by atoms with Crippen molar-refractivity contribution in [3.8, 4) is 0 Å². The van der Waals surface area contributed by atoms with E-state index >= 15 is 0 Å². The zero-order valence-electron chi connectivity index (χ0n) is 17.7. The van der Waals surface area contributed by atoms with Gasteiger partial charge in [0.15, 0.2) is 5.76 Å². The van der Waals surface area contributed by atoms with Crippen molar-refractivity contribution in [3.05, 3.63) is 83.8 Å². The Hall–Kier alpha value is -3.71. The van der Waals surface area contributed by atoms with Gasteiger partial charge in [-0.05, 0) is 49.2 Å². The summed E-state index contributed by atoms with van der Waals surface area (Å²) in [5, 5.41) is 6.06. The summed E-state index contributed by atoms with van der Waals surface area (Å²) >= 11 is 0. The van der Waals surface area contributed by atoms with Crippen LogP contribution in [-0.2, 0) is 20.5 Å². The van der Waals surface area contributed by atoms with E-state index < -0.39 is 16.9 Å². The normalized spacial score (nSPS) is 31.5. The van der Waals surface area contributed by atoms with Crippen LogP contribution < -0.4 is 10.6 Å². The molecule has 2 amide bonds. The number of fused-ring (bicyclic) bond motifs is 7. The molecule has 1 aromatic heterocycles. The van der Waals surface area contributed by atoms with E-state index in [0.29, 0.717) is 17.9 Å². The van der Waals surface area contributed by atoms with Crippen LogP contribution >= 0.6 is 0 Å². The first-order valence-electron chi connectivity index (χ1n) is 11.3. The van der Waals surface area contributed by atoms with Gasteiger partial charge in [-0.25, -0.2) is 0 Å². The number of carbonyl (C=O) groups excluding carboxylic acids is 3. The molecule has 0 bridgehead atoms. The third-order valence-electron chi connectivity index (χ3n) is 8.06. The Bertz CT molecular complexity index is 1270. The van der Waals surface area contributed by atoms with E-state index in [4.69, 9.17) is 4.42 Å². The molecule has 2 spiro atoms. The van der Waals surface area contributed by atoms with Gasteiger partial charge in [-0.15, -0.1) is 0 Å². The number of hydrogen-bond donors (Lipinski definition) is 2. The van der Waals surface area contributed by atoms with Gasteiger partial charge in [-0.2, -0.15) is 0 Å². The van der Waals surface area contributed by atoms with Crippen LogP contribution in [0.25, 0.3) is 0 Å². The van der Waals surface area contributed by atoms with E-state index in [1.807, 2.05) is 48.5 Å². The van der Waals surface area contributed by atoms with E-state index in [0.717, 1.165) is 24.0 Å². The minimum atomic E-state index is -1.30. The van der Waals surface area contributed by atoms with E-state index in [2.05, 4.69) is 15.5 Å². The second-order valence-electron chi connectivity index (χ2n) is 9.26. The van der Waals surface area contributed by atoms with Crippen LogP contribution in [0.4, 0.5) is 11.4 Å². The molecule has 7 rings (SSSR count). The average molecular weight is 439 g/mol. The number of amides is 2. The molecule has 2 fully saturated rings. The second kappa shape index (κ2) is 6.20. The molecule has 2 saturated heterocycles. The Balaban J connectivity index is 1.60. The summed E-state index contributed by atoms with van der Waals surface area (Å²) in [5.41, 5.74) is 0.429. The number of para-hydroxylation sites is 2. The maximum absolute atomic E-state index is 14.3. The lowest BCUT2D eigenvalue weighted by atomic mass is 9.60. The number of ketones is 1. The number of furan rings is 1. The van der Waals surface area contributed by atoms with Gasteiger partial charge >= 0.3 is 0 Å². The van der Waals surface area contributed by atoms with Gasteiger partial charge < -0.3 is 15.1 Å². The predicted molar refractivity (Wildman–Crippen MR) is 120 cm³/mol. The molecule has 4 atom stereocenters. The molecule has 7 heteroatoms. The molecule has 0 unspecified atom stereocenters. The molecule has 4 aliphatic rings. The lowest BCUT2D eigenvalue weighted by molar-refractivity contribution is -0.128. The standard InChI is InChI=1S/C26H21N3O4/c30-21(19-11-6-14-33-19)22-25(15-7-1-3-9-17(15)27-23(25)31)20-12-5-13-29(20)26(22)16-8-2-4-10-18(16)28-24(26)32/h1-4,6-11,14,20,22H,5,12-13H2,(H,27,31)(H,28,32)/t20-,22+,25+,26-/m1/s1. The molecule has 164 valence electrons.